The molecule has 11 saturated heterocycles. The van der Waals surface area contributed by atoms with E-state index in [4.69, 9.17) is 99.5 Å². The van der Waals surface area contributed by atoms with Gasteiger partial charge in [-0.25, -0.2) is 0 Å². The summed E-state index contributed by atoms with van der Waals surface area (Å²) < 4.78 is 123. The molecule has 0 aliphatic carbocycles. The van der Waals surface area contributed by atoms with Crippen LogP contribution in [-0.2, 0) is 104 Å². The van der Waals surface area contributed by atoms with Crippen molar-refractivity contribution >= 4 is 5.91 Å². The Hall–Kier alpha value is -2.73. The number of carbonyl (C=O) groups excluding carboxylic acids is 1. The minimum Gasteiger partial charge on any atom is -0.394 e. The molecule has 57 nitrogen and oxygen atoms in total. The Kier molecular flexibility index (Phi) is 36.7. The van der Waals surface area contributed by atoms with Crippen molar-refractivity contribution in [3.63, 3.8) is 0 Å². The monoisotopic (exact) mass is 1840 g/mol. The molecule has 11 fully saturated rings. The lowest BCUT2D eigenvalue weighted by Gasteiger charge is -2.51. The fraction of sp³-hybridized carbons (Fsp3) is 0.985. The third-order valence-electron chi connectivity index (χ3n) is 23.4. The Bertz CT molecular complexity index is 3250. The second-order valence-corrected chi connectivity index (χ2v) is 31.6. The number of hydrogen-bond donors (Lipinski definition) is 35. The molecule has 11 rings (SSSR count). The Morgan fingerprint density at radius 2 is 0.416 bits per heavy atom. The highest BCUT2D eigenvalue weighted by atomic mass is 16.8. The van der Waals surface area contributed by atoms with Crippen molar-refractivity contribution in [2.45, 2.75) is 345 Å². The number of rotatable bonds is 32. The Labute approximate surface area is 704 Å². The van der Waals surface area contributed by atoms with E-state index in [1.54, 1.807) is 0 Å². The Morgan fingerprint density at radius 3 is 0.712 bits per heavy atom. The smallest absolute Gasteiger partial charge is 0.217 e. The van der Waals surface area contributed by atoms with E-state index in [0.717, 1.165) is 6.92 Å². The van der Waals surface area contributed by atoms with Crippen LogP contribution in [0.25, 0.3) is 0 Å². The van der Waals surface area contributed by atoms with E-state index in [2.05, 4.69) is 5.32 Å². The molecule has 57 heteroatoms. The molecule has 1 unspecified atom stereocenters. The van der Waals surface area contributed by atoms with Gasteiger partial charge < -0.3 is 278 Å². The van der Waals surface area contributed by atoms with Gasteiger partial charge in [-0.2, -0.15) is 0 Å². The number of amides is 1. The van der Waals surface area contributed by atoms with Gasteiger partial charge in [-0.05, 0) is 0 Å². The van der Waals surface area contributed by atoms with E-state index in [1.165, 1.54) is 0 Å². The van der Waals surface area contributed by atoms with Crippen LogP contribution in [0.3, 0.4) is 0 Å². The molecule has 1 amide bonds. The van der Waals surface area contributed by atoms with Crippen LogP contribution < -0.4 is 5.32 Å². The summed E-state index contributed by atoms with van der Waals surface area (Å²) in [5, 5.41) is 379. The van der Waals surface area contributed by atoms with E-state index in [0.29, 0.717) is 0 Å². The van der Waals surface area contributed by atoms with Gasteiger partial charge in [0.2, 0.25) is 5.91 Å². The summed E-state index contributed by atoms with van der Waals surface area (Å²) in [6.07, 6.45) is -120. The zero-order valence-corrected chi connectivity index (χ0v) is 65.7. The fourth-order valence-electron chi connectivity index (χ4n) is 16.0. The van der Waals surface area contributed by atoms with E-state index in [-0.39, 0.29) is 0 Å². The van der Waals surface area contributed by atoms with Gasteiger partial charge in [-0.15, -0.1) is 0 Å². The molecule has 11 aliphatic heterocycles. The van der Waals surface area contributed by atoms with Gasteiger partial charge >= 0.3 is 0 Å². The highest BCUT2D eigenvalue weighted by Gasteiger charge is 2.63. The van der Waals surface area contributed by atoms with Crippen molar-refractivity contribution < 1.29 is 278 Å². The van der Waals surface area contributed by atoms with E-state index < -0.39 is 416 Å². The normalized spacial score (nSPS) is 52.7. The van der Waals surface area contributed by atoms with Gasteiger partial charge in [0.25, 0.3) is 0 Å². The predicted octanol–water partition coefficient (Wildman–Crippen LogP) is -24.8. The molecular weight excluding hydrogens is 1730 g/mol. The van der Waals surface area contributed by atoms with Crippen molar-refractivity contribution in [3.05, 3.63) is 0 Å². The third kappa shape index (κ3) is 21.8. The SMILES string of the molecule is CC(=O)N[C@H]1C(O)O[C@H](CO)[C@@H](O[C@@H]2O[C@H](CO[C@H]3O[C@H](CO[C@H]4O[C@H](CO)[C@@H](O)[C@H](O)[C@@H]4O)[C@@H](O)[C@H](O[C@H]4O[C@H](CO)[C@@H](O)[C@H](O)[C@@H]4O)[C@@H]3O)[C@@H](O)[C@H](O[C@H]3O[C@H](CO)[C@@H](O)[C@H](O)[C@@H]3O[C@H]3O[C@H](CO)[C@@H](O)[C@H](O)[C@@H]3O[C@H]3O[C@H](CO)[C@@H](O)[C@H](O)[C@@H]3O[C@@H]3O[C@H](CO)[C@@H](O)[C@H](O)[C@H]3O[C@@H]3O[C@H](CO)[C@@H](O)[C@@H](O)[C@H]3O[C@@H]3O[C@H](CO)[C@@H](O)[C@H](O)[C@H]3O)[C@@H]2O)[C@@H]1O. The van der Waals surface area contributed by atoms with Crippen LogP contribution in [0.15, 0.2) is 0 Å². The Morgan fingerprint density at radius 1 is 0.208 bits per heavy atom. The maximum absolute atomic E-state index is 12.6. The first-order chi connectivity index (χ1) is 59.3. The average Bonchev–Trinajstić information content (AvgIpc) is 0.759. The average molecular weight is 1840 g/mol. The molecule has 55 atom stereocenters. The summed E-state index contributed by atoms with van der Waals surface area (Å²) in [7, 11) is 0. The number of hydrogen-bond acceptors (Lipinski definition) is 56. The molecule has 11 aliphatic rings. The molecule has 0 radical (unpaired) electrons. The van der Waals surface area contributed by atoms with Crippen LogP contribution in [-0.4, -0.2) is 590 Å². The van der Waals surface area contributed by atoms with Gasteiger partial charge in [0, 0.05) is 6.92 Å². The first kappa shape index (κ1) is 103. The summed E-state index contributed by atoms with van der Waals surface area (Å²) in [5.41, 5.74) is 0. The molecule has 0 aromatic rings. The van der Waals surface area contributed by atoms with Crippen LogP contribution >= 0.6 is 0 Å². The number of aliphatic hydroxyl groups is 34. The summed E-state index contributed by atoms with van der Waals surface area (Å²) in [6.45, 7) is -11.6. The summed E-state index contributed by atoms with van der Waals surface area (Å²) in [5.74, 6) is -0.891. The minimum atomic E-state index is -2.61. The minimum absolute atomic E-state index is 0.891. The van der Waals surface area contributed by atoms with Gasteiger partial charge in [-0.1, -0.05) is 0 Å². The summed E-state index contributed by atoms with van der Waals surface area (Å²) in [6, 6.07) is -1.82. The molecule has 125 heavy (non-hydrogen) atoms. The van der Waals surface area contributed by atoms with E-state index in [9.17, 15) is 178 Å². The van der Waals surface area contributed by atoms with Crippen molar-refractivity contribution in [1.82, 2.24) is 5.32 Å². The number of ether oxygens (including phenoxy) is 21. The quantitative estimate of drug-likeness (QED) is 0.0297. The topological polar surface area (TPSA) is 911 Å². The summed E-state index contributed by atoms with van der Waals surface area (Å²) >= 11 is 0. The lowest BCUT2D eigenvalue weighted by atomic mass is 9.94. The third-order valence-corrected chi connectivity index (χ3v) is 23.4. The van der Waals surface area contributed by atoms with Crippen LogP contribution in [0.4, 0.5) is 0 Å². The zero-order chi connectivity index (χ0) is 91.7. The van der Waals surface area contributed by atoms with Crippen molar-refractivity contribution in [2.24, 2.45) is 0 Å². The lowest BCUT2D eigenvalue weighted by molar-refractivity contribution is -0.420. The van der Waals surface area contributed by atoms with Crippen LogP contribution in [0.2, 0.25) is 0 Å². The van der Waals surface area contributed by atoms with Gasteiger partial charge in [0.05, 0.1) is 72.7 Å². The van der Waals surface area contributed by atoms with Crippen molar-refractivity contribution in [3.8, 4) is 0 Å². The maximum Gasteiger partial charge on any atom is 0.217 e. The molecule has 0 aromatic heterocycles. The molecular formula is C68H115NO56. The van der Waals surface area contributed by atoms with Crippen LogP contribution in [0, 0.1) is 0 Å². The second-order valence-electron chi connectivity index (χ2n) is 31.6. The lowest BCUT2D eigenvalue weighted by Crippen LogP contribution is -2.69. The first-order valence-corrected chi connectivity index (χ1v) is 39.7. The van der Waals surface area contributed by atoms with Crippen LogP contribution in [0.1, 0.15) is 6.92 Å². The molecule has 0 aromatic carbocycles. The highest BCUT2D eigenvalue weighted by Crippen LogP contribution is 2.42. The largest absolute Gasteiger partial charge is 0.394 e. The van der Waals surface area contributed by atoms with Gasteiger partial charge in [0.1, 0.15) is 269 Å². The van der Waals surface area contributed by atoms with E-state index >= 15 is 0 Å². The van der Waals surface area contributed by atoms with Crippen molar-refractivity contribution in [1.29, 1.82) is 0 Å². The van der Waals surface area contributed by atoms with Gasteiger partial charge in [-0.3, -0.25) is 4.79 Å². The fourth-order valence-corrected chi connectivity index (χ4v) is 16.0. The van der Waals surface area contributed by atoms with Crippen molar-refractivity contribution in [2.75, 3.05) is 72.7 Å². The van der Waals surface area contributed by atoms with Gasteiger partial charge in [0.15, 0.2) is 69.2 Å². The summed E-state index contributed by atoms with van der Waals surface area (Å²) in [4.78, 5) is 12.4. The molecule has 728 valence electrons. The van der Waals surface area contributed by atoms with E-state index in [1.807, 2.05) is 0 Å². The number of aliphatic hydroxyl groups excluding tert-OH is 34. The molecule has 0 spiro atoms. The first-order valence-electron chi connectivity index (χ1n) is 39.7. The van der Waals surface area contributed by atoms with Crippen LogP contribution in [0.5, 0.6) is 0 Å². The Balaban J connectivity index is 0.907. The molecule has 0 saturated carbocycles. The highest BCUT2D eigenvalue weighted by molar-refractivity contribution is 5.73. The number of carbonyl (C=O) groups is 1. The zero-order valence-electron chi connectivity index (χ0n) is 65.7. The maximum atomic E-state index is 12.6. The molecule has 11 heterocycles. The molecule has 35 N–H and O–H groups in total. The predicted molar refractivity (Wildman–Crippen MR) is 374 cm³/mol. The number of nitrogens with one attached hydrogen (secondary N) is 1. The second kappa shape index (κ2) is 44.6. The standard InChI is InChI=1S/C68H115NO56/c1-13(79)69-25-36(90)50(22(10-78)107-58(25)104)118-63-49(103)52(35(89)24(117-63)12-106-60-48(102)51(119-61-46(100)38(92)27(81)15(3-71)109-61)34(88)23(116-60)11-105-59-45(99)37(91)26(80)14(2-70)108-59)120-64-54(41(95)30(84)17(5-73)111-64)122-66-56(43(97)32(86)19(7-75)113-66)124-68-57(44(98)33(87)21(9-77)115-68)125-67-55(42(96)31(85)20(8-76)114-67)123-65-53(40(94)29(83)18(6-74)112-65)121-62-47(101)39(93)28(82)16(4-72)110-62/h14-68,70-78,80-104H,2-12H2,1H3,(H,69,79)/t14-,15-,16-,17-,18-,19-,20-,21-,22-,23-,24-,25-,26-,27-,28-,29-,30-,31-,32-,33-,34-,35-,36-,37+,38+,39+,40-,41+,42+,43+,44+,45+,46+,47-,48+,49+,50-,51+,52+,53-,54+,55-,56+,57+,58?,59+,60+,61-,62+,63+,64-,65+,66-,67+,68-/m1/s1. The molecule has 0 bridgehead atoms.